The van der Waals surface area contributed by atoms with Crippen molar-refractivity contribution >= 4 is 18.1 Å². The van der Waals surface area contributed by atoms with E-state index < -0.39 is 6.04 Å². The predicted octanol–water partition coefficient (Wildman–Crippen LogP) is 0.745. The van der Waals surface area contributed by atoms with Gasteiger partial charge < -0.3 is 9.88 Å². The summed E-state index contributed by atoms with van der Waals surface area (Å²) in [6.07, 6.45) is 3.64. The van der Waals surface area contributed by atoms with Crippen LogP contribution in [0.5, 0.6) is 0 Å². The van der Waals surface area contributed by atoms with Crippen molar-refractivity contribution in [1.29, 1.82) is 0 Å². The fraction of sp³-hybridized carbons (Fsp3) is 0.500. The number of nitrogens with zero attached hydrogens (tertiary/aromatic N) is 1. The average molecular weight is 239 g/mol. The lowest BCUT2D eigenvalue weighted by Gasteiger charge is -2.15. The molecule has 1 atom stereocenters. The summed E-state index contributed by atoms with van der Waals surface area (Å²) in [7, 11) is 0. The summed E-state index contributed by atoms with van der Waals surface area (Å²) in [5, 5.41) is 2.90. The minimum Gasteiger partial charge on any atom is -0.352 e. The van der Waals surface area contributed by atoms with Crippen molar-refractivity contribution in [2.45, 2.75) is 31.8 Å². The van der Waals surface area contributed by atoms with Gasteiger partial charge in [0.15, 0.2) is 4.77 Å². The Morgan fingerprint density at radius 2 is 2.38 bits per heavy atom. The highest BCUT2D eigenvalue weighted by atomic mass is 32.1. The number of amides is 1. The smallest absolute Gasteiger partial charge is 0.251 e. The van der Waals surface area contributed by atoms with Crippen LogP contribution >= 0.6 is 12.2 Å². The molecule has 86 valence electrons. The van der Waals surface area contributed by atoms with E-state index in [4.69, 9.17) is 12.2 Å². The van der Waals surface area contributed by atoms with Crippen LogP contribution in [0.25, 0.3) is 0 Å². The number of hydrogen-bond acceptors (Lipinski definition) is 3. The Morgan fingerprint density at radius 1 is 1.69 bits per heavy atom. The van der Waals surface area contributed by atoms with Crippen molar-refractivity contribution in [1.82, 2.24) is 14.9 Å². The molecule has 0 saturated heterocycles. The van der Waals surface area contributed by atoms with E-state index in [2.05, 4.69) is 10.3 Å². The maximum Gasteiger partial charge on any atom is 0.251 e. The maximum atomic E-state index is 11.8. The van der Waals surface area contributed by atoms with E-state index >= 15 is 0 Å². The SMILES string of the molecule is CC(C(=O)NC1CC1)n1ccc(=O)[nH]c1=S. The lowest BCUT2D eigenvalue weighted by Crippen LogP contribution is -2.33. The summed E-state index contributed by atoms with van der Waals surface area (Å²) in [5.74, 6) is -0.0642. The van der Waals surface area contributed by atoms with Crippen molar-refractivity contribution in [2.24, 2.45) is 0 Å². The molecular formula is C10H13N3O2S. The topological polar surface area (TPSA) is 66.9 Å². The molecule has 1 fully saturated rings. The molecule has 1 unspecified atom stereocenters. The third-order valence-corrected chi connectivity index (χ3v) is 2.88. The third kappa shape index (κ3) is 2.38. The lowest BCUT2D eigenvalue weighted by molar-refractivity contribution is -0.124. The van der Waals surface area contributed by atoms with Gasteiger partial charge in [-0.2, -0.15) is 0 Å². The van der Waals surface area contributed by atoms with Crippen LogP contribution in [0.2, 0.25) is 0 Å². The highest BCUT2D eigenvalue weighted by Gasteiger charge is 2.26. The van der Waals surface area contributed by atoms with Gasteiger partial charge in [-0.15, -0.1) is 0 Å². The minimum absolute atomic E-state index is 0.0642. The molecule has 1 heterocycles. The minimum atomic E-state index is -0.398. The monoisotopic (exact) mass is 239 g/mol. The Labute approximate surface area is 97.5 Å². The second-order valence-corrected chi connectivity index (χ2v) is 4.36. The summed E-state index contributed by atoms with van der Waals surface area (Å²) in [6, 6.07) is 1.29. The molecule has 0 spiro atoms. The molecule has 1 amide bonds. The molecule has 1 saturated carbocycles. The van der Waals surface area contributed by atoms with Gasteiger partial charge in [0, 0.05) is 18.3 Å². The van der Waals surface area contributed by atoms with Crippen molar-refractivity contribution in [2.75, 3.05) is 0 Å². The summed E-state index contributed by atoms with van der Waals surface area (Å²) in [5.41, 5.74) is -0.254. The van der Waals surface area contributed by atoms with Gasteiger partial charge in [-0.1, -0.05) is 0 Å². The van der Waals surface area contributed by atoms with Crippen molar-refractivity contribution in [3.63, 3.8) is 0 Å². The second-order valence-electron chi connectivity index (χ2n) is 3.98. The number of carbonyl (C=O) groups is 1. The molecule has 6 heteroatoms. The van der Waals surface area contributed by atoms with Crippen LogP contribution in [0.1, 0.15) is 25.8 Å². The first-order chi connectivity index (χ1) is 7.58. The molecule has 0 aromatic carbocycles. The van der Waals surface area contributed by atoms with Crippen LogP contribution in [0.4, 0.5) is 0 Å². The molecule has 2 rings (SSSR count). The number of aromatic amines is 1. The summed E-state index contributed by atoms with van der Waals surface area (Å²) >= 11 is 4.99. The largest absolute Gasteiger partial charge is 0.352 e. The summed E-state index contributed by atoms with van der Waals surface area (Å²) in [4.78, 5) is 25.2. The van der Waals surface area contributed by atoms with E-state index in [0.29, 0.717) is 6.04 Å². The van der Waals surface area contributed by atoms with Crippen LogP contribution in [-0.2, 0) is 4.79 Å². The van der Waals surface area contributed by atoms with E-state index in [1.807, 2.05) is 0 Å². The van der Waals surface area contributed by atoms with Gasteiger partial charge in [0.05, 0.1) is 0 Å². The van der Waals surface area contributed by atoms with Gasteiger partial charge in [-0.25, -0.2) is 0 Å². The Balaban J connectivity index is 2.18. The molecule has 0 aliphatic heterocycles. The molecule has 2 N–H and O–H groups in total. The van der Waals surface area contributed by atoms with Gasteiger partial charge >= 0.3 is 0 Å². The molecule has 0 radical (unpaired) electrons. The summed E-state index contributed by atoms with van der Waals surface area (Å²) in [6.45, 7) is 1.76. The van der Waals surface area contributed by atoms with Crippen molar-refractivity contribution < 1.29 is 4.79 Å². The molecule has 1 aromatic heterocycles. The number of nitrogens with one attached hydrogen (secondary N) is 2. The third-order valence-electron chi connectivity index (χ3n) is 2.57. The van der Waals surface area contributed by atoms with E-state index in [1.54, 1.807) is 11.5 Å². The zero-order valence-electron chi connectivity index (χ0n) is 8.90. The Bertz CT molecular complexity index is 515. The molecule has 1 aliphatic rings. The molecule has 5 nitrogen and oxygen atoms in total. The van der Waals surface area contributed by atoms with Gasteiger partial charge in [-0.3, -0.25) is 14.6 Å². The highest BCUT2D eigenvalue weighted by Crippen LogP contribution is 2.19. The highest BCUT2D eigenvalue weighted by molar-refractivity contribution is 7.71. The van der Waals surface area contributed by atoms with Crippen LogP contribution in [0, 0.1) is 4.77 Å². The van der Waals surface area contributed by atoms with Gasteiger partial charge in [0.1, 0.15) is 6.04 Å². The lowest BCUT2D eigenvalue weighted by atomic mass is 10.3. The van der Waals surface area contributed by atoms with E-state index in [0.717, 1.165) is 12.8 Å². The number of aromatic nitrogens is 2. The van der Waals surface area contributed by atoms with Crippen molar-refractivity contribution in [3.8, 4) is 0 Å². The van der Waals surface area contributed by atoms with Gasteiger partial charge in [0.25, 0.3) is 5.56 Å². The summed E-state index contributed by atoms with van der Waals surface area (Å²) < 4.78 is 1.85. The molecule has 1 aromatic rings. The van der Waals surface area contributed by atoms with E-state index in [1.165, 1.54) is 12.3 Å². The molecule has 1 aliphatic carbocycles. The Kier molecular flexibility index (Phi) is 2.91. The first kappa shape index (κ1) is 11.1. The zero-order valence-corrected chi connectivity index (χ0v) is 9.71. The average Bonchev–Trinajstić information content (AvgIpc) is 3.00. The van der Waals surface area contributed by atoms with Crippen LogP contribution in [0.15, 0.2) is 17.1 Å². The number of carbonyl (C=O) groups excluding carboxylic acids is 1. The number of rotatable bonds is 3. The fourth-order valence-electron chi connectivity index (χ4n) is 1.41. The van der Waals surface area contributed by atoms with Crippen molar-refractivity contribution in [3.05, 3.63) is 27.4 Å². The first-order valence-electron chi connectivity index (χ1n) is 5.20. The molecular weight excluding hydrogens is 226 g/mol. The second kappa shape index (κ2) is 4.21. The van der Waals surface area contributed by atoms with Gasteiger partial charge in [-0.05, 0) is 32.0 Å². The number of H-pyrrole nitrogens is 1. The van der Waals surface area contributed by atoms with Crippen LogP contribution < -0.4 is 10.9 Å². The molecule has 0 bridgehead atoms. The zero-order chi connectivity index (χ0) is 11.7. The number of hydrogen-bond donors (Lipinski definition) is 2. The van der Waals surface area contributed by atoms with Crippen LogP contribution in [0.3, 0.4) is 0 Å². The first-order valence-corrected chi connectivity index (χ1v) is 5.60. The van der Waals surface area contributed by atoms with E-state index in [9.17, 15) is 9.59 Å². The van der Waals surface area contributed by atoms with Crippen LogP contribution in [-0.4, -0.2) is 21.5 Å². The fourth-order valence-corrected chi connectivity index (χ4v) is 1.73. The standard InChI is InChI=1S/C10H13N3O2S/c1-6(9(15)11-7-2-3-7)13-5-4-8(14)12-10(13)16/h4-7H,2-3H2,1H3,(H,11,15)(H,12,14,16). The Hall–Kier alpha value is -1.43. The normalized spacial score (nSPS) is 16.8. The van der Waals surface area contributed by atoms with Gasteiger partial charge in [0.2, 0.25) is 5.91 Å². The quantitative estimate of drug-likeness (QED) is 0.765. The molecule has 16 heavy (non-hydrogen) atoms. The van der Waals surface area contributed by atoms with E-state index in [-0.39, 0.29) is 16.2 Å². The Morgan fingerprint density at radius 3 is 2.94 bits per heavy atom. The predicted molar refractivity (Wildman–Crippen MR) is 61.8 cm³/mol. The maximum absolute atomic E-state index is 11.8.